The maximum Gasteiger partial charge on any atom is 0.220 e. The average Bonchev–Trinajstić information content (AvgIpc) is 2.70. The lowest BCUT2D eigenvalue weighted by Gasteiger charge is -2.17. The standard InChI is InChI=1S/C12H24N2O2/c1-9(13)5-6-12(16)14-7-10-3-2-4-11(10)8-15/h9-11,15H,2-8,13H2,1H3,(H,14,16). The Kier molecular flexibility index (Phi) is 5.77. The first-order valence-corrected chi connectivity index (χ1v) is 6.26. The SMILES string of the molecule is CC(N)CCC(=O)NCC1CCCC1CO. The Balaban J connectivity index is 2.16. The minimum atomic E-state index is 0.0842. The van der Waals surface area contributed by atoms with E-state index in [1.54, 1.807) is 0 Å². The van der Waals surface area contributed by atoms with Crippen molar-refractivity contribution in [3.8, 4) is 0 Å². The maximum atomic E-state index is 11.5. The van der Waals surface area contributed by atoms with Crippen molar-refractivity contribution in [1.29, 1.82) is 0 Å². The molecule has 0 bridgehead atoms. The molecule has 1 aliphatic rings. The zero-order valence-electron chi connectivity index (χ0n) is 10.1. The number of carbonyl (C=O) groups excluding carboxylic acids is 1. The summed E-state index contributed by atoms with van der Waals surface area (Å²) in [4.78, 5) is 11.5. The first kappa shape index (κ1) is 13.5. The third-order valence-corrected chi connectivity index (χ3v) is 3.44. The zero-order chi connectivity index (χ0) is 12.0. The summed E-state index contributed by atoms with van der Waals surface area (Å²) in [5, 5.41) is 12.1. The van der Waals surface area contributed by atoms with Crippen molar-refractivity contribution in [3.63, 3.8) is 0 Å². The molecule has 0 aromatic heterocycles. The van der Waals surface area contributed by atoms with Gasteiger partial charge in [0.05, 0.1) is 0 Å². The van der Waals surface area contributed by atoms with E-state index < -0.39 is 0 Å². The molecule has 1 amide bonds. The van der Waals surface area contributed by atoms with E-state index in [4.69, 9.17) is 10.8 Å². The number of carbonyl (C=O) groups is 1. The van der Waals surface area contributed by atoms with Crippen LogP contribution in [0.25, 0.3) is 0 Å². The highest BCUT2D eigenvalue weighted by Gasteiger charge is 2.26. The van der Waals surface area contributed by atoms with Crippen LogP contribution in [0.2, 0.25) is 0 Å². The van der Waals surface area contributed by atoms with Crippen LogP contribution in [0, 0.1) is 11.8 Å². The topological polar surface area (TPSA) is 75.4 Å². The fourth-order valence-corrected chi connectivity index (χ4v) is 2.31. The van der Waals surface area contributed by atoms with Crippen molar-refractivity contribution >= 4 is 5.91 Å². The van der Waals surface area contributed by atoms with Gasteiger partial charge in [0.25, 0.3) is 0 Å². The third-order valence-electron chi connectivity index (χ3n) is 3.44. The van der Waals surface area contributed by atoms with Gasteiger partial charge in [0.15, 0.2) is 0 Å². The number of nitrogens with two attached hydrogens (primary N) is 1. The molecule has 1 fully saturated rings. The second-order valence-corrected chi connectivity index (χ2v) is 4.95. The Bertz CT molecular complexity index is 219. The molecule has 0 aliphatic heterocycles. The van der Waals surface area contributed by atoms with Gasteiger partial charge in [0.2, 0.25) is 5.91 Å². The summed E-state index contributed by atoms with van der Waals surface area (Å²) >= 11 is 0. The number of aliphatic hydroxyl groups excluding tert-OH is 1. The summed E-state index contributed by atoms with van der Waals surface area (Å²) in [6.45, 7) is 2.87. The fourth-order valence-electron chi connectivity index (χ4n) is 2.31. The van der Waals surface area contributed by atoms with Gasteiger partial charge in [0, 0.05) is 25.6 Å². The van der Waals surface area contributed by atoms with E-state index in [-0.39, 0.29) is 18.6 Å². The van der Waals surface area contributed by atoms with Crippen LogP contribution in [0.1, 0.15) is 39.0 Å². The molecule has 1 aliphatic carbocycles. The lowest BCUT2D eigenvalue weighted by molar-refractivity contribution is -0.121. The molecule has 0 aromatic carbocycles. The number of amides is 1. The van der Waals surface area contributed by atoms with Gasteiger partial charge in [0.1, 0.15) is 0 Å². The highest BCUT2D eigenvalue weighted by Crippen LogP contribution is 2.30. The lowest BCUT2D eigenvalue weighted by atomic mass is 9.97. The molecule has 1 saturated carbocycles. The monoisotopic (exact) mass is 228 g/mol. The first-order chi connectivity index (χ1) is 7.63. The van der Waals surface area contributed by atoms with Crippen molar-refractivity contribution in [2.75, 3.05) is 13.2 Å². The molecule has 0 spiro atoms. The van der Waals surface area contributed by atoms with Crippen molar-refractivity contribution in [3.05, 3.63) is 0 Å². The van der Waals surface area contributed by atoms with Gasteiger partial charge in [-0.15, -0.1) is 0 Å². The minimum Gasteiger partial charge on any atom is -0.396 e. The smallest absolute Gasteiger partial charge is 0.220 e. The quantitative estimate of drug-likeness (QED) is 0.624. The Hall–Kier alpha value is -0.610. The second kappa shape index (κ2) is 6.86. The van der Waals surface area contributed by atoms with Gasteiger partial charge in [-0.3, -0.25) is 4.79 Å². The number of aliphatic hydroxyl groups is 1. The molecule has 0 heterocycles. The summed E-state index contributed by atoms with van der Waals surface area (Å²) in [5.74, 6) is 0.930. The van der Waals surface area contributed by atoms with Crippen molar-refractivity contribution in [1.82, 2.24) is 5.32 Å². The summed E-state index contributed by atoms with van der Waals surface area (Å²) in [5.41, 5.74) is 5.59. The highest BCUT2D eigenvalue weighted by atomic mass is 16.3. The van der Waals surface area contributed by atoms with E-state index in [1.807, 2.05) is 6.92 Å². The van der Waals surface area contributed by atoms with E-state index in [1.165, 1.54) is 6.42 Å². The van der Waals surface area contributed by atoms with Gasteiger partial charge in [-0.25, -0.2) is 0 Å². The fraction of sp³-hybridized carbons (Fsp3) is 0.917. The molecule has 4 nitrogen and oxygen atoms in total. The Morgan fingerprint density at radius 3 is 2.81 bits per heavy atom. The summed E-state index contributed by atoms with van der Waals surface area (Å²) in [6.07, 6.45) is 4.63. The van der Waals surface area contributed by atoms with E-state index in [0.29, 0.717) is 24.8 Å². The molecule has 4 N–H and O–H groups in total. The number of hydrogen-bond donors (Lipinski definition) is 3. The number of rotatable bonds is 6. The van der Waals surface area contributed by atoms with Crippen molar-refractivity contribution in [2.24, 2.45) is 17.6 Å². The van der Waals surface area contributed by atoms with Crippen LogP contribution < -0.4 is 11.1 Å². The largest absolute Gasteiger partial charge is 0.396 e. The molecule has 0 aromatic rings. The zero-order valence-corrected chi connectivity index (χ0v) is 10.1. The van der Waals surface area contributed by atoms with Crippen LogP contribution in [0.3, 0.4) is 0 Å². The maximum absolute atomic E-state index is 11.5. The number of nitrogens with one attached hydrogen (secondary N) is 1. The molecule has 0 saturated heterocycles. The predicted molar refractivity (Wildman–Crippen MR) is 63.8 cm³/mol. The normalized spacial score (nSPS) is 26.7. The lowest BCUT2D eigenvalue weighted by Crippen LogP contribution is -2.32. The van der Waals surface area contributed by atoms with E-state index in [2.05, 4.69) is 5.32 Å². The molecule has 3 unspecified atom stereocenters. The molecule has 4 heteroatoms. The van der Waals surface area contributed by atoms with Crippen LogP contribution in [0.5, 0.6) is 0 Å². The molecule has 0 radical (unpaired) electrons. The molecule has 94 valence electrons. The average molecular weight is 228 g/mol. The Morgan fingerprint density at radius 2 is 2.19 bits per heavy atom. The summed E-state index contributed by atoms with van der Waals surface area (Å²) in [6, 6.07) is 0.0856. The Labute approximate surface area is 97.6 Å². The van der Waals surface area contributed by atoms with Crippen LogP contribution in [0.4, 0.5) is 0 Å². The predicted octanol–water partition coefficient (Wildman–Crippen LogP) is 0.639. The first-order valence-electron chi connectivity index (χ1n) is 6.26. The van der Waals surface area contributed by atoms with Crippen LogP contribution in [-0.2, 0) is 4.79 Å². The third kappa shape index (κ3) is 4.49. The highest BCUT2D eigenvalue weighted by molar-refractivity contribution is 5.75. The van der Waals surface area contributed by atoms with Crippen LogP contribution >= 0.6 is 0 Å². The molecular formula is C12H24N2O2. The molecule has 16 heavy (non-hydrogen) atoms. The van der Waals surface area contributed by atoms with Gasteiger partial charge in [-0.05, 0) is 38.0 Å². The Morgan fingerprint density at radius 1 is 1.50 bits per heavy atom. The van der Waals surface area contributed by atoms with E-state index in [0.717, 1.165) is 19.3 Å². The van der Waals surface area contributed by atoms with Crippen molar-refractivity contribution < 1.29 is 9.90 Å². The molecule has 3 atom stereocenters. The van der Waals surface area contributed by atoms with Crippen LogP contribution in [0.15, 0.2) is 0 Å². The van der Waals surface area contributed by atoms with Crippen LogP contribution in [-0.4, -0.2) is 30.2 Å². The molecular weight excluding hydrogens is 204 g/mol. The van der Waals surface area contributed by atoms with E-state index in [9.17, 15) is 4.79 Å². The second-order valence-electron chi connectivity index (χ2n) is 4.95. The number of hydrogen-bond acceptors (Lipinski definition) is 3. The van der Waals surface area contributed by atoms with E-state index >= 15 is 0 Å². The van der Waals surface area contributed by atoms with Gasteiger partial charge in [-0.2, -0.15) is 0 Å². The minimum absolute atomic E-state index is 0.0842. The summed E-state index contributed by atoms with van der Waals surface area (Å²) < 4.78 is 0. The summed E-state index contributed by atoms with van der Waals surface area (Å²) in [7, 11) is 0. The van der Waals surface area contributed by atoms with Gasteiger partial charge >= 0.3 is 0 Å². The van der Waals surface area contributed by atoms with Crippen molar-refractivity contribution in [2.45, 2.75) is 45.1 Å². The molecule has 1 rings (SSSR count). The van der Waals surface area contributed by atoms with Gasteiger partial charge in [-0.1, -0.05) is 6.42 Å². The van der Waals surface area contributed by atoms with Gasteiger partial charge < -0.3 is 16.2 Å².